The largest absolute Gasteiger partial charge is 0.383 e. The summed E-state index contributed by atoms with van der Waals surface area (Å²) in [5.41, 5.74) is -1.09. The second-order valence-electron chi connectivity index (χ2n) is 12.5. The Morgan fingerprint density at radius 3 is 2.11 bits per heavy atom. The maximum atomic E-state index is 13.1. The number of benzene rings is 2. The summed E-state index contributed by atoms with van der Waals surface area (Å²) in [7, 11) is -4.36. The topological polar surface area (TPSA) is 161 Å². The lowest BCUT2D eigenvalue weighted by Crippen LogP contribution is -2.40. The maximum absolute atomic E-state index is 13.1. The quantitative estimate of drug-likeness (QED) is 0.136. The van der Waals surface area contributed by atoms with E-state index in [1.165, 1.54) is 44.6 Å². The second kappa shape index (κ2) is 21.5. The molecule has 2 aliphatic rings. The van der Waals surface area contributed by atoms with Gasteiger partial charge in [0.15, 0.2) is 11.7 Å². The maximum Gasteiger partial charge on any atom is 0.383 e. The summed E-state index contributed by atoms with van der Waals surface area (Å²) in [5, 5.41) is 8.13. The second-order valence-corrected chi connectivity index (χ2v) is 19.5. The minimum absolute atomic E-state index is 0.0750. The van der Waals surface area contributed by atoms with Gasteiger partial charge in [-0.25, -0.2) is 14.1 Å². The summed E-state index contributed by atoms with van der Waals surface area (Å²) in [6.45, 7) is 12.1. The Morgan fingerprint density at radius 2 is 1.56 bits per heavy atom. The smallest absolute Gasteiger partial charge is 0.374 e. The summed E-state index contributed by atoms with van der Waals surface area (Å²) in [6.07, 6.45) is 5.48. The molecule has 304 valence electrons. The molecule has 2 aromatic carbocycles. The van der Waals surface area contributed by atoms with E-state index in [9.17, 15) is 14.2 Å². The first kappa shape index (κ1) is 44.7. The number of aromatic nitrogens is 5. The van der Waals surface area contributed by atoms with Crippen LogP contribution in [0, 0.1) is 0 Å². The van der Waals surface area contributed by atoms with Crippen LogP contribution in [0.1, 0.15) is 47.3 Å². The highest BCUT2D eigenvalue weighted by Gasteiger charge is 2.50. The summed E-state index contributed by atoms with van der Waals surface area (Å²) < 4.78 is 53.1. The van der Waals surface area contributed by atoms with Crippen LogP contribution < -0.4 is 16.7 Å². The van der Waals surface area contributed by atoms with Crippen LogP contribution in [0.3, 0.4) is 0 Å². The lowest BCUT2D eigenvalue weighted by Gasteiger charge is -2.32. The van der Waals surface area contributed by atoms with E-state index < -0.39 is 61.9 Å². The van der Waals surface area contributed by atoms with E-state index in [1.807, 2.05) is 13.8 Å². The van der Waals surface area contributed by atoms with Gasteiger partial charge >= 0.3 is 13.3 Å². The van der Waals surface area contributed by atoms with Gasteiger partial charge in [-0.05, 0) is 66.8 Å². The molecular weight excluding hydrogens is 766 g/mol. The first-order valence-electron chi connectivity index (χ1n) is 18.5. The molecule has 0 saturated carbocycles. The Hall–Kier alpha value is -3.01. The van der Waals surface area contributed by atoms with Gasteiger partial charge in [-0.15, -0.1) is 5.10 Å². The molecule has 15 nitrogen and oxygen atoms in total. The van der Waals surface area contributed by atoms with Crippen LogP contribution in [-0.4, -0.2) is 100 Å². The highest BCUT2D eigenvalue weighted by atomic mass is 32.3. The summed E-state index contributed by atoms with van der Waals surface area (Å²) >= 11 is 0. The van der Waals surface area contributed by atoms with E-state index in [0.29, 0.717) is 6.61 Å². The van der Waals surface area contributed by atoms with Crippen LogP contribution in [0.4, 0.5) is 0 Å². The number of aromatic amines is 1. The van der Waals surface area contributed by atoms with Crippen LogP contribution >= 0.6 is 26.2 Å². The van der Waals surface area contributed by atoms with Gasteiger partial charge in [-0.2, -0.15) is 10.0 Å². The fourth-order valence-corrected chi connectivity index (χ4v) is 11.0. The monoisotopic (exact) mass is 822 g/mol. The summed E-state index contributed by atoms with van der Waals surface area (Å²) in [4.78, 5) is 29.4. The zero-order chi connectivity index (χ0) is 40.0. The van der Waals surface area contributed by atoms with Crippen molar-refractivity contribution in [3.63, 3.8) is 0 Å². The van der Waals surface area contributed by atoms with Gasteiger partial charge in [0.2, 0.25) is 0 Å². The molecule has 0 radical (unpaired) electrons. The highest BCUT2D eigenvalue weighted by Crippen LogP contribution is 2.56. The SMILES string of the molecule is CC.CCCN1CCOP1OC1C(Cn2cc(P(=O)(OCC)OCC)nn2)OC(n2ccc(=O)[nH]c2=O)C1OC.CS(C)(c1ccccc1)c1ccccc1. The molecular formula is C37H56N6O9P2S. The first-order chi connectivity index (χ1) is 26.5. The zero-order valence-corrected chi connectivity index (χ0v) is 35.6. The molecule has 4 aromatic rings. The van der Waals surface area contributed by atoms with Crippen molar-refractivity contribution in [3.05, 3.63) is 100.0 Å². The molecule has 2 aromatic heterocycles. The number of methoxy groups -OCH3 is 1. The van der Waals surface area contributed by atoms with Gasteiger partial charge in [0, 0.05) is 32.5 Å². The molecule has 6 rings (SSSR count). The molecule has 55 heavy (non-hydrogen) atoms. The summed E-state index contributed by atoms with van der Waals surface area (Å²) in [5.74, 6) is 0. The molecule has 1 N–H and O–H groups in total. The Labute approximate surface area is 326 Å². The third kappa shape index (κ3) is 11.3. The first-order valence-corrected chi connectivity index (χ1v) is 23.6. The van der Waals surface area contributed by atoms with Crippen molar-refractivity contribution in [1.29, 1.82) is 0 Å². The Kier molecular flexibility index (Phi) is 17.5. The number of nitrogens with one attached hydrogen (secondary N) is 1. The van der Waals surface area contributed by atoms with Crippen LogP contribution in [0.5, 0.6) is 0 Å². The number of rotatable bonds is 15. The van der Waals surface area contributed by atoms with E-state index in [2.05, 4.69) is 100 Å². The zero-order valence-electron chi connectivity index (χ0n) is 33.0. The minimum atomic E-state index is -3.63. The van der Waals surface area contributed by atoms with Crippen molar-refractivity contribution in [2.45, 2.75) is 81.9 Å². The van der Waals surface area contributed by atoms with E-state index in [-0.39, 0.29) is 25.2 Å². The van der Waals surface area contributed by atoms with Gasteiger partial charge in [-0.3, -0.25) is 18.9 Å². The Balaban J connectivity index is 0.000000328. The van der Waals surface area contributed by atoms with E-state index in [1.54, 1.807) is 13.8 Å². The molecule has 5 atom stereocenters. The molecule has 0 bridgehead atoms. The predicted octanol–water partition coefficient (Wildman–Crippen LogP) is 6.18. The number of H-pyrrole nitrogens is 1. The van der Waals surface area contributed by atoms with E-state index in [0.717, 1.165) is 19.5 Å². The lowest BCUT2D eigenvalue weighted by atomic mass is 10.1. The van der Waals surface area contributed by atoms with Gasteiger partial charge in [0.25, 0.3) is 14.1 Å². The van der Waals surface area contributed by atoms with Crippen LogP contribution in [0.25, 0.3) is 0 Å². The Morgan fingerprint density at radius 1 is 0.945 bits per heavy atom. The lowest BCUT2D eigenvalue weighted by molar-refractivity contribution is -0.0564. The summed E-state index contributed by atoms with van der Waals surface area (Å²) in [6, 6.07) is 22.7. The van der Waals surface area contributed by atoms with Crippen molar-refractivity contribution in [1.82, 2.24) is 29.2 Å². The van der Waals surface area contributed by atoms with Crippen molar-refractivity contribution < 1.29 is 32.1 Å². The van der Waals surface area contributed by atoms with Gasteiger partial charge in [0.1, 0.15) is 18.3 Å². The van der Waals surface area contributed by atoms with Gasteiger partial charge in [0.05, 0.1) is 32.6 Å². The third-order valence-corrected chi connectivity index (χ3v) is 15.1. The average Bonchev–Trinajstić information content (AvgIpc) is 3.94. The molecule has 2 aliphatic heterocycles. The number of nitrogens with zero attached hydrogens (tertiary/aromatic N) is 5. The van der Waals surface area contributed by atoms with Crippen molar-refractivity contribution in [2.24, 2.45) is 0 Å². The van der Waals surface area contributed by atoms with Crippen molar-refractivity contribution in [3.8, 4) is 0 Å². The fourth-order valence-electron chi connectivity index (χ4n) is 5.98. The van der Waals surface area contributed by atoms with Gasteiger partial charge in [-0.1, -0.05) is 62.4 Å². The van der Waals surface area contributed by atoms with Gasteiger partial charge < -0.3 is 27.6 Å². The molecule has 0 spiro atoms. The molecule has 18 heteroatoms. The highest BCUT2D eigenvalue weighted by molar-refractivity contribution is 8.32. The number of ether oxygens (including phenoxy) is 2. The van der Waals surface area contributed by atoms with Crippen LogP contribution in [0.15, 0.2) is 98.5 Å². The van der Waals surface area contributed by atoms with E-state index >= 15 is 0 Å². The molecule has 2 saturated heterocycles. The minimum Gasteiger partial charge on any atom is -0.374 e. The van der Waals surface area contributed by atoms with Crippen molar-refractivity contribution in [2.75, 3.05) is 52.5 Å². The van der Waals surface area contributed by atoms with Crippen LogP contribution in [0.2, 0.25) is 0 Å². The standard InChI is InChI=1S/C21H34N6O9P2.C14H16S.C2H6/c1-5-9-26-11-12-32-37(26)36-18-15(13-25-14-17(23-24-25)38(30,33-6-2)34-7-3)35-20(19(18)31-4)27-10-8-16(28)22-21(27)29;1-15(2,13-9-5-3-6-10-13)14-11-7-4-8-12-14;1-2/h8,10,14-15,18-20H,5-7,9,11-13H2,1-4H3,(H,22,28,29);3-12H,1-2H3;1-2H3. The molecule has 2 fully saturated rings. The van der Waals surface area contributed by atoms with E-state index in [4.69, 9.17) is 27.6 Å². The fraction of sp³-hybridized carbons (Fsp3) is 0.514. The predicted molar refractivity (Wildman–Crippen MR) is 216 cm³/mol. The molecule has 0 amide bonds. The van der Waals surface area contributed by atoms with Crippen molar-refractivity contribution >= 4 is 31.6 Å². The third-order valence-electron chi connectivity index (χ3n) is 8.60. The molecule has 4 heterocycles. The number of hydrogen-bond donors (Lipinski definition) is 1. The normalized spacial score (nSPS) is 21.7. The Bertz CT molecular complexity index is 1850. The number of hydrogen-bond acceptors (Lipinski definition) is 12. The van der Waals surface area contributed by atoms with Crippen LogP contribution in [-0.2, 0) is 38.7 Å². The molecule has 5 unspecified atom stereocenters. The molecule has 0 aliphatic carbocycles. The average molecular weight is 823 g/mol.